The molecule has 0 fully saturated rings. The maximum Gasteiger partial charge on any atom is 0.255 e. The molecule has 0 aliphatic rings. The van der Waals surface area contributed by atoms with Crippen LogP contribution >= 0.6 is 12.4 Å². The van der Waals surface area contributed by atoms with Crippen molar-refractivity contribution in [1.29, 1.82) is 0 Å². The molecule has 0 radical (unpaired) electrons. The van der Waals surface area contributed by atoms with Gasteiger partial charge in [-0.2, -0.15) is 0 Å². The largest absolute Gasteiger partial charge is 0.508 e. The van der Waals surface area contributed by atoms with E-state index in [9.17, 15) is 14.3 Å². The standard InChI is InChI=1S/C21H16FN5O2.ClH/c1-12-8-16(22)18(10-19(12)28)27-20-15-3-2-14(9-17(15)24-11-25-20)26-21(29)13-4-6-23-7-5-13;/h2-11,28H,1H3,(H,26,29)(H,24,25,27);1H. The lowest BCUT2D eigenvalue weighted by molar-refractivity contribution is 0.102. The highest BCUT2D eigenvalue weighted by Crippen LogP contribution is 2.30. The quantitative estimate of drug-likeness (QED) is 0.442. The first kappa shape index (κ1) is 20.9. The molecule has 0 bridgehead atoms. The fourth-order valence-electron chi connectivity index (χ4n) is 2.83. The fourth-order valence-corrected chi connectivity index (χ4v) is 2.83. The van der Waals surface area contributed by atoms with E-state index in [0.717, 1.165) is 0 Å². The van der Waals surface area contributed by atoms with Crippen LogP contribution in [0.3, 0.4) is 0 Å². The normalized spacial score (nSPS) is 10.3. The van der Waals surface area contributed by atoms with Crippen molar-refractivity contribution in [3.63, 3.8) is 0 Å². The van der Waals surface area contributed by atoms with Crippen LogP contribution < -0.4 is 10.6 Å². The van der Waals surface area contributed by atoms with Gasteiger partial charge < -0.3 is 15.7 Å². The van der Waals surface area contributed by atoms with E-state index < -0.39 is 5.82 Å². The van der Waals surface area contributed by atoms with Crippen LogP contribution in [0.2, 0.25) is 0 Å². The van der Waals surface area contributed by atoms with Crippen LogP contribution in [0, 0.1) is 12.7 Å². The molecule has 7 nitrogen and oxygen atoms in total. The number of aryl methyl sites for hydroxylation is 1. The summed E-state index contributed by atoms with van der Waals surface area (Å²) in [5.74, 6) is -0.415. The van der Waals surface area contributed by atoms with E-state index in [0.29, 0.717) is 33.5 Å². The summed E-state index contributed by atoms with van der Waals surface area (Å²) in [6, 6.07) is 10.9. The minimum Gasteiger partial charge on any atom is -0.508 e. The van der Waals surface area contributed by atoms with Gasteiger partial charge in [0.2, 0.25) is 0 Å². The van der Waals surface area contributed by atoms with Crippen LogP contribution in [-0.4, -0.2) is 26.0 Å². The average molecular weight is 426 g/mol. The number of nitrogens with one attached hydrogen (secondary N) is 2. The van der Waals surface area contributed by atoms with E-state index in [-0.39, 0.29) is 29.8 Å². The number of phenolic OH excluding ortho intramolecular Hbond substituents is 1. The average Bonchev–Trinajstić information content (AvgIpc) is 2.72. The maximum atomic E-state index is 14.2. The number of phenols is 1. The van der Waals surface area contributed by atoms with Gasteiger partial charge in [0.1, 0.15) is 23.7 Å². The molecule has 3 N–H and O–H groups in total. The molecule has 9 heteroatoms. The predicted molar refractivity (Wildman–Crippen MR) is 115 cm³/mol. The van der Waals surface area contributed by atoms with Crippen molar-refractivity contribution in [1.82, 2.24) is 15.0 Å². The van der Waals surface area contributed by atoms with Gasteiger partial charge in [0.15, 0.2) is 0 Å². The SMILES string of the molecule is Cc1cc(F)c(Nc2ncnc3cc(NC(=O)c4ccncc4)ccc23)cc1O.Cl. The van der Waals surface area contributed by atoms with E-state index in [2.05, 4.69) is 25.6 Å². The Labute approximate surface area is 177 Å². The van der Waals surface area contributed by atoms with Crippen LogP contribution in [0.5, 0.6) is 5.75 Å². The number of amides is 1. The Morgan fingerprint density at radius 2 is 1.83 bits per heavy atom. The Bertz CT molecular complexity index is 1220. The molecular formula is C21H17ClFN5O2. The van der Waals surface area contributed by atoms with Crippen molar-refractivity contribution in [3.8, 4) is 5.75 Å². The van der Waals surface area contributed by atoms with Crippen LogP contribution in [0.15, 0.2) is 61.2 Å². The second-order valence-electron chi connectivity index (χ2n) is 6.39. The number of carbonyl (C=O) groups excluding carboxylic acids is 1. The second kappa shape index (κ2) is 8.71. The molecule has 0 atom stereocenters. The van der Waals surface area contributed by atoms with E-state index in [1.54, 1.807) is 49.6 Å². The number of hydrogen-bond donors (Lipinski definition) is 3. The van der Waals surface area contributed by atoms with Crippen molar-refractivity contribution in [3.05, 3.63) is 78.1 Å². The number of halogens is 2. The van der Waals surface area contributed by atoms with Gasteiger partial charge in [-0.15, -0.1) is 12.4 Å². The molecule has 4 aromatic rings. The summed E-state index contributed by atoms with van der Waals surface area (Å²) in [4.78, 5) is 24.6. The number of hydrogen-bond acceptors (Lipinski definition) is 6. The summed E-state index contributed by atoms with van der Waals surface area (Å²) in [5, 5.41) is 16.2. The summed E-state index contributed by atoms with van der Waals surface area (Å²) in [7, 11) is 0. The van der Waals surface area contributed by atoms with Crippen LogP contribution in [0.25, 0.3) is 10.9 Å². The second-order valence-corrected chi connectivity index (χ2v) is 6.39. The van der Waals surface area contributed by atoms with Crippen molar-refractivity contribution in [2.24, 2.45) is 0 Å². The lowest BCUT2D eigenvalue weighted by Crippen LogP contribution is -2.11. The van der Waals surface area contributed by atoms with Crippen LogP contribution in [-0.2, 0) is 0 Å². The van der Waals surface area contributed by atoms with Crippen molar-refractivity contribution in [2.75, 3.05) is 10.6 Å². The number of pyridine rings is 1. The Kier molecular flexibility index (Phi) is 6.08. The Morgan fingerprint density at radius 3 is 2.60 bits per heavy atom. The number of aromatic nitrogens is 3. The molecule has 0 unspecified atom stereocenters. The van der Waals surface area contributed by atoms with E-state index in [1.807, 2.05) is 0 Å². The first-order valence-corrected chi connectivity index (χ1v) is 8.73. The molecule has 30 heavy (non-hydrogen) atoms. The minimum atomic E-state index is -0.506. The molecule has 2 heterocycles. The van der Waals surface area contributed by atoms with Gasteiger partial charge >= 0.3 is 0 Å². The van der Waals surface area contributed by atoms with E-state index >= 15 is 0 Å². The lowest BCUT2D eigenvalue weighted by Gasteiger charge is -2.12. The van der Waals surface area contributed by atoms with Crippen LogP contribution in [0.4, 0.5) is 21.6 Å². The first-order chi connectivity index (χ1) is 14.0. The highest BCUT2D eigenvalue weighted by Gasteiger charge is 2.12. The summed E-state index contributed by atoms with van der Waals surface area (Å²) >= 11 is 0. The zero-order chi connectivity index (χ0) is 20.4. The van der Waals surface area contributed by atoms with Crippen molar-refractivity contribution < 1.29 is 14.3 Å². The highest BCUT2D eigenvalue weighted by molar-refractivity contribution is 6.05. The molecule has 0 aliphatic carbocycles. The van der Waals surface area contributed by atoms with E-state index in [4.69, 9.17) is 0 Å². The third kappa shape index (κ3) is 4.28. The van der Waals surface area contributed by atoms with Gasteiger partial charge in [-0.25, -0.2) is 14.4 Å². The number of benzene rings is 2. The Balaban J connectivity index is 0.00000256. The molecule has 1 amide bonds. The third-order valence-corrected chi connectivity index (χ3v) is 4.38. The summed E-state index contributed by atoms with van der Waals surface area (Å²) in [5.41, 5.74) is 2.15. The monoisotopic (exact) mass is 425 g/mol. The first-order valence-electron chi connectivity index (χ1n) is 8.73. The smallest absolute Gasteiger partial charge is 0.255 e. The Morgan fingerprint density at radius 1 is 1.07 bits per heavy atom. The maximum absolute atomic E-state index is 14.2. The molecule has 0 saturated heterocycles. The zero-order valence-electron chi connectivity index (χ0n) is 15.8. The molecule has 0 saturated carbocycles. The number of carbonyl (C=O) groups is 1. The Hall–Kier alpha value is -3.78. The van der Waals surface area contributed by atoms with Crippen molar-refractivity contribution >= 4 is 46.4 Å². The zero-order valence-corrected chi connectivity index (χ0v) is 16.6. The van der Waals surface area contributed by atoms with Gasteiger partial charge in [0.25, 0.3) is 5.91 Å². The van der Waals surface area contributed by atoms with Crippen LogP contribution in [0.1, 0.15) is 15.9 Å². The number of anilines is 3. The predicted octanol–water partition coefficient (Wildman–Crippen LogP) is 4.60. The molecule has 0 aliphatic heterocycles. The number of rotatable bonds is 4. The van der Waals surface area contributed by atoms with E-state index in [1.165, 1.54) is 18.5 Å². The molecule has 4 rings (SSSR count). The highest BCUT2D eigenvalue weighted by atomic mass is 35.5. The topological polar surface area (TPSA) is 100 Å². The molecule has 152 valence electrons. The summed E-state index contributed by atoms with van der Waals surface area (Å²) < 4.78 is 14.2. The summed E-state index contributed by atoms with van der Waals surface area (Å²) in [6.07, 6.45) is 4.43. The van der Waals surface area contributed by atoms with Gasteiger partial charge in [-0.05, 0) is 48.9 Å². The number of nitrogens with zero attached hydrogens (tertiary/aromatic N) is 3. The number of fused-ring (bicyclic) bond motifs is 1. The molecule has 2 aromatic carbocycles. The minimum absolute atomic E-state index is 0. The van der Waals surface area contributed by atoms with Gasteiger partial charge in [-0.1, -0.05) is 0 Å². The molecular weight excluding hydrogens is 409 g/mol. The summed E-state index contributed by atoms with van der Waals surface area (Å²) in [6.45, 7) is 1.62. The molecule has 2 aromatic heterocycles. The lowest BCUT2D eigenvalue weighted by atomic mass is 10.1. The van der Waals surface area contributed by atoms with Gasteiger partial charge in [-0.3, -0.25) is 9.78 Å². The number of aromatic hydroxyl groups is 1. The molecule has 0 spiro atoms. The fraction of sp³-hybridized carbons (Fsp3) is 0.0476. The van der Waals surface area contributed by atoms with Crippen molar-refractivity contribution in [2.45, 2.75) is 6.92 Å². The van der Waals surface area contributed by atoms with Gasteiger partial charge in [0, 0.05) is 35.1 Å². The third-order valence-electron chi connectivity index (χ3n) is 4.38. The van der Waals surface area contributed by atoms with Gasteiger partial charge in [0.05, 0.1) is 11.2 Å².